The molecule has 0 saturated carbocycles. The lowest BCUT2D eigenvalue weighted by Gasteiger charge is -2.08. The SMILES string of the molecule is COc1cccc(CCNc2nncc(NCCc3ccccc3F)n2)c1. The number of methoxy groups -OCH3 is 1. The molecular weight excluding hydrogens is 345 g/mol. The van der Waals surface area contributed by atoms with Gasteiger partial charge >= 0.3 is 0 Å². The van der Waals surface area contributed by atoms with Gasteiger partial charge in [-0.3, -0.25) is 0 Å². The van der Waals surface area contributed by atoms with E-state index in [1.165, 1.54) is 6.07 Å². The average molecular weight is 367 g/mol. The molecule has 0 fully saturated rings. The summed E-state index contributed by atoms with van der Waals surface area (Å²) in [4.78, 5) is 4.38. The third-order valence-electron chi connectivity index (χ3n) is 4.05. The molecule has 0 radical (unpaired) electrons. The van der Waals surface area contributed by atoms with Gasteiger partial charge in [-0.2, -0.15) is 10.1 Å². The highest BCUT2D eigenvalue weighted by Gasteiger charge is 2.03. The van der Waals surface area contributed by atoms with Crippen LogP contribution in [0.4, 0.5) is 16.2 Å². The summed E-state index contributed by atoms with van der Waals surface area (Å²) in [6, 6.07) is 14.7. The standard InChI is InChI=1S/C20H22FN5O/c1-27-17-7-4-5-15(13-17)9-11-23-20-25-19(14-24-26-20)22-12-10-16-6-2-3-8-18(16)21/h2-8,13-14H,9-12H2,1H3,(H2,22,23,25,26). The van der Waals surface area contributed by atoms with E-state index < -0.39 is 0 Å². The van der Waals surface area contributed by atoms with Gasteiger partial charge in [0.1, 0.15) is 11.6 Å². The van der Waals surface area contributed by atoms with Crippen LogP contribution in [-0.2, 0) is 12.8 Å². The van der Waals surface area contributed by atoms with Crippen LogP contribution in [0.5, 0.6) is 5.75 Å². The van der Waals surface area contributed by atoms with Gasteiger partial charge in [-0.15, -0.1) is 5.10 Å². The van der Waals surface area contributed by atoms with E-state index in [1.54, 1.807) is 25.4 Å². The van der Waals surface area contributed by atoms with Crippen LogP contribution in [-0.4, -0.2) is 35.4 Å². The Kier molecular flexibility index (Phi) is 6.51. The van der Waals surface area contributed by atoms with Crippen molar-refractivity contribution in [1.82, 2.24) is 15.2 Å². The second-order valence-electron chi connectivity index (χ2n) is 5.96. The first-order chi connectivity index (χ1) is 13.2. The lowest BCUT2D eigenvalue weighted by atomic mass is 10.1. The predicted molar refractivity (Wildman–Crippen MR) is 104 cm³/mol. The van der Waals surface area contributed by atoms with Crippen LogP contribution in [0.3, 0.4) is 0 Å². The molecule has 27 heavy (non-hydrogen) atoms. The molecule has 7 heteroatoms. The van der Waals surface area contributed by atoms with Crippen LogP contribution in [0, 0.1) is 5.82 Å². The van der Waals surface area contributed by atoms with Gasteiger partial charge in [0, 0.05) is 13.1 Å². The summed E-state index contributed by atoms with van der Waals surface area (Å²) in [5.74, 6) is 1.70. The molecule has 0 aliphatic carbocycles. The zero-order chi connectivity index (χ0) is 18.9. The highest BCUT2D eigenvalue weighted by Crippen LogP contribution is 2.13. The predicted octanol–water partition coefficient (Wildman–Crippen LogP) is 3.33. The van der Waals surface area contributed by atoms with Crippen molar-refractivity contribution in [3.05, 3.63) is 71.7 Å². The normalized spacial score (nSPS) is 10.4. The van der Waals surface area contributed by atoms with E-state index in [0.29, 0.717) is 36.8 Å². The van der Waals surface area contributed by atoms with Crippen molar-refractivity contribution >= 4 is 11.8 Å². The van der Waals surface area contributed by atoms with E-state index in [9.17, 15) is 4.39 Å². The van der Waals surface area contributed by atoms with Gasteiger partial charge in [-0.25, -0.2) is 4.39 Å². The molecule has 2 aromatic carbocycles. The number of nitrogens with zero attached hydrogens (tertiary/aromatic N) is 3. The van der Waals surface area contributed by atoms with Crippen molar-refractivity contribution in [2.24, 2.45) is 0 Å². The topological polar surface area (TPSA) is 72.0 Å². The van der Waals surface area contributed by atoms with E-state index in [1.807, 2.05) is 30.3 Å². The monoisotopic (exact) mass is 367 g/mol. The van der Waals surface area contributed by atoms with Crippen molar-refractivity contribution in [2.75, 3.05) is 30.8 Å². The number of aromatic nitrogens is 3. The lowest BCUT2D eigenvalue weighted by Crippen LogP contribution is -2.12. The summed E-state index contributed by atoms with van der Waals surface area (Å²) in [5, 5.41) is 14.2. The van der Waals surface area contributed by atoms with Crippen LogP contribution in [0.2, 0.25) is 0 Å². The molecule has 0 bridgehead atoms. The summed E-state index contributed by atoms with van der Waals surface area (Å²) < 4.78 is 18.8. The molecule has 3 rings (SSSR count). The fourth-order valence-corrected chi connectivity index (χ4v) is 2.64. The second kappa shape index (κ2) is 9.47. The zero-order valence-electron chi connectivity index (χ0n) is 15.2. The number of halogens is 1. The number of rotatable bonds is 9. The first-order valence-electron chi connectivity index (χ1n) is 8.78. The molecule has 0 aliphatic heterocycles. The van der Waals surface area contributed by atoms with Crippen molar-refractivity contribution in [2.45, 2.75) is 12.8 Å². The number of hydrogen-bond donors (Lipinski definition) is 2. The number of anilines is 2. The Morgan fingerprint density at radius 1 is 1.00 bits per heavy atom. The van der Waals surface area contributed by atoms with Gasteiger partial charge in [0.2, 0.25) is 5.95 Å². The molecule has 1 heterocycles. The minimum absolute atomic E-state index is 0.194. The Hall–Kier alpha value is -3.22. The summed E-state index contributed by atoms with van der Waals surface area (Å²) in [6.07, 6.45) is 2.93. The smallest absolute Gasteiger partial charge is 0.244 e. The van der Waals surface area contributed by atoms with Crippen molar-refractivity contribution in [1.29, 1.82) is 0 Å². The molecule has 0 spiro atoms. The number of ether oxygens (including phenoxy) is 1. The third kappa shape index (κ3) is 5.64. The van der Waals surface area contributed by atoms with Crippen molar-refractivity contribution in [3.8, 4) is 5.75 Å². The van der Waals surface area contributed by atoms with Crippen LogP contribution >= 0.6 is 0 Å². The Morgan fingerprint density at radius 3 is 2.70 bits per heavy atom. The Balaban J connectivity index is 1.47. The summed E-state index contributed by atoms with van der Waals surface area (Å²) >= 11 is 0. The number of nitrogens with one attached hydrogen (secondary N) is 2. The van der Waals surface area contributed by atoms with Gasteiger partial charge in [0.25, 0.3) is 0 Å². The molecule has 0 saturated heterocycles. The molecule has 0 atom stereocenters. The minimum atomic E-state index is -0.194. The first kappa shape index (κ1) is 18.6. The van der Waals surface area contributed by atoms with E-state index in [2.05, 4.69) is 25.8 Å². The molecule has 140 valence electrons. The van der Waals surface area contributed by atoms with Crippen molar-refractivity contribution < 1.29 is 9.13 Å². The van der Waals surface area contributed by atoms with Crippen LogP contribution in [0.1, 0.15) is 11.1 Å². The average Bonchev–Trinajstić information content (AvgIpc) is 2.70. The fraction of sp³-hybridized carbons (Fsp3) is 0.250. The maximum atomic E-state index is 13.6. The molecule has 2 N–H and O–H groups in total. The molecule has 1 aromatic heterocycles. The van der Waals surface area contributed by atoms with E-state index in [4.69, 9.17) is 4.74 Å². The van der Waals surface area contributed by atoms with Crippen LogP contribution in [0.15, 0.2) is 54.7 Å². The maximum absolute atomic E-state index is 13.6. The second-order valence-corrected chi connectivity index (χ2v) is 5.96. The first-order valence-corrected chi connectivity index (χ1v) is 8.78. The zero-order valence-corrected chi connectivity index (χ0v) is 15.2. The summed E-state index contributed by atoms with van der Waals surface area (Å²) in [7, 11) is 1.65. The molecule has 3 aromatic rings. The van der Waals surface area contributed by atoms with Crippen LogP contribution in [0.25, 0.3) is 0 Å². The van der Waals surface area contributed by atoms with Gasteiger partial charge in [-0.05, 0) is 42.2 Å². The lowest BCUT2D eigenvalue weighted by molar-refractivity contribution is 0.414. The summed E-state index contributed by atoms with van der Waals surface area (Å²) in [6.45, 7) is 1.23. The highest BCUT2D eigenvalue weighted by molar-refractivity contribution is 5.37. The largest absolute Gasteiger partial charge is 0.497 e. The fourth-order valence-electron chi connectivity index (χ4n) is 2.64. The highest BCUT2D eigenvalue weighted by atomic mass is 19.1. The third-order valence-corrected chi connectivity index (χ3v) is 4.05. The van der Waals surface area contributed by atoms with E-state index in [-0.39, 0.29) is 5.82 Å². The molecule has 6 nitrogen and oxygen atoms in total. The molecular formula is C20H22FN5O. The quantitative estimate of drug-likeness (QED) is 0.604. The Bertz CT molecular complexity index is 874. The Morgan fingerprint density at radius 2 is 1.85 bits per heavy atom. The minimum Gasteiger partial charge on any atom is -0.497 e. The molecule has 0 unspecified atom stereocenters. The summed E-state index contributed by atoms with van der Waals surface area (Å²) in [5.41, 5.74) is 1.83. The maximum Gasteiger partial charge on any atom is 0.244 e. The van der Waals surface area contributed by atoms with Crippen LogP contribution < -0.4 is 15.4 Å². The number of benzene rings is 2. The van der Waals surface area contributed by atoms with E-state index in [0.717, 1.165) is 17.7 Å². The van der Waals surface area contributed by atoms with Gasteiger partial charge in [0.05, 0.1) is 13.3 Å². The van der Waals surface area contributed by atoms with Gasteiger partial charge < -0.3 is 15.4 Å². The van der Waals surface area contributed by atoms with Gasteiger partial charge in [-0.1, -0.05) is 30.3 Å². The van der Waals surface area contributed by atoms with Gasteiger partial charge in [0.15, 0.2) is 5.82 Å². The molecule has 0 aliphatic rings. The Labute approximate surface area is 157 Å². The molecule has 0 amide bonds. The van der Waals surface area contributed by atoms with E-state index >= 15 is 0 Å². The van der Waals surface area contributed by atoms with Crippen molar-refractivity contribution in [3.63, 3.8) is 0 Å². The number of hydrogen-bond acceptors (Lipinski definition) is 6.